The van der Waals surface area contributed by atoms with Crippen molar-refractivity contribution in [3.8, 4) is 0 Å². The number of nitrogens with zero attached hydrogens (tertiary/aromatic N) is 1. The molecule has 0 radical (unpaired) electrons. The van der Waals surface area contributed by atoms with Crippen LogP contribution >= 0.6 is 11.8 Å². The number of hydrogen-bond acceptors (Lipinski definition) is 7. The Morgan fingerprint density at radius 1 is 1.08 bits per heavy atom. The first-order valence-corrected chi connectivity index (χ1v) is 14.0. The van der Waals surface area contributed by atoms with E-state index in [1.54, 1.807) is 30.3 Å². The number of rotatable bonds is 11. The highest BCUT2D eigenvalue weighted by molar-refractivity contribution is 8.14. The minimum atomic E-state index is -4.48. The maximum absolute atomic E-state index is 13.3. The Hall–Kier alpha value is -3.30. The predicted octanol–water partition coefficient (Wildman–Crippen LogP) is 3.36. The van der Waals surface area contributed by atoms with Crippen molar-refractivity contribution in [2.75, 3.05) is 17.6 Å². The molecule has 1 aliphatic rings. The summed E-state index contributed by atoms with van der Waals surface area (Å²) in [5.74, 6) is -0.506. The zero-order valence-corrected chi connectivity index (χ0v) is 22.3. The summed E-state index contributed by atoms with van der Waals surface area (Å²) in [6.45, 7) is 0. The third kappa shape index (κ3) is 10.4. The number of carbonyl (C=O) groups excluding carboxylic acids is 2. The minimum absolute atomic E-state index is 0.0878. The smallest absolute Gasteiger partial charge is 0.407 e. The van der Waals surface area contributed by atoms with Crippen molar-refractivity contribution < 1.29 is 40.5 Å². The summed E-state index contributed by atoms with van der Waals surface area (Å²) in [6.07, 6.45) is -6.09. The van der Waals surface area contributed by atoms with Crippen molar-refractivity contribution in [1.29, 1.82) is 0 Å². The number of halogens is 3. The van der Waals surface area contributed by atoms with E-state index >= 15 is 0 Å². The van der Waals surface area contributed by atoms with E-state index in [1.165, 1.54) is 24.3 Å². The van der Waals surface area contributed by atoms with Crippen molar-refractivity contribution in [3.05, 3.63) is 65.7 Å². The first-order valence-electron chi connectivity index (χ1n) is 11.6. The standard InChI is InChI=1S/C24H27F3N4O6S2/c1-37-23(33)30-19(11-15-5-3-2-4-6-15)21(32)29-20(22-28-18(14-38-22)13-24(25,26)27)12-16-7-9-17(10-8-16)31-39(34,35)36/h2-10,18-20,31H,11-14H2,1H3,(H,29,32)(H,30,33)(H,34,35,36)/t18?,19-,20-/m0/s1. The molecule has 212 valence electrons. The summed E-state index contributed by atoms with van der Waals surface area (Å²) in [7, 11) is -3.32. The average molecular weight is 589 g/mol. The van der Waals surface area contributed by atoms with Gasteiger partial charge in [-0.3, -0.25) is 19.1 Å². The Kier molecular flexibility index (Phi) is 10.2. The molecule has 0 saturated carbocycles. The second-order valence-electron chi connectivity index (χ2n) is 8.67. The maximum atomic E-state index is 13.3. The molecule has 2 aromatic carbocycles. The number of alkyl halides is 3. The van der Waals surface area contributed by atoms with E-state index in [0.717, 1.165) is 24.4 Å². The van der Waals surface area contributed by atoms with Crippen LogP contribution in [-0.4, -0.2) is 67.2 Å². The molecule has 0 fully saturated rings. The lowest BCUT2D eigenvalue weighted by molar-refractivity contribution is -0.136. The average Bonchev–Trinajstić information content (AvgIpc) is 3.30. The minimum Gasteiger partial charge on any atom is -0.453 e. The van der Waals surface area contributed by atoms with E-state index in [1.807, 2.05) is 4.72 Å². The van der Waals surface area contributed by atoms with Crippen molar-refractivity contribution >= 4 is 44.8 Å². The topological polar surface area (TPSA) is 146 Å². The quantitative estimate of drug-likeness (QED) is 0.295. The lowest BCUT2D eigenvalue weighted by Crippen LogP contribution is -2.52. The summed E-state index contributed by atoms with van der Waals surface area (Å²) in [5, 5.41) is 5.59. The second kappa shape index (κ2) is 13.2. The molecule has 1 aliphatic heterocycles. The predicted molar refractivity (Wildman–Crippen MR) is 141 cm³/mol. The molecular formula is C24H27F3N4O6S2. The highest BCUT2D eigenvalue weighted by Gasteiger charge is 2.36. The summed E-state index contributed by atoms with van der Waals surface area (Å²) in [6, 6.07) is 11.8. The van der Waals surface area contributed by atoms with Gasteiger partial charge in [-0.05, 0) is 29.7 Å². The van der Waals surface area contributed by atoms with Gasteiger partial charge < -0.3 is 15.4 Å². The van der Waals surface area contributed by atoms with Gasteiger partial charge in [0.25, 0.3) is 0 Å². The van der Waals surface area contributed by atoms with E-state index < -0.39 is 53.0 Å². The molecule has 39 heavy (non-hydrogen) atoms. The number of amides is 2. The summed E-state index contributed by atoms with van der Waals surface area (Å²) in [5.41, 5.74) is 1.44. The van der Waals surface area contributed by atoms with E-state index in [2.05, 4.69) is 20.4 Å². The summed E-state index contributed by atoms with van der Waals surface area (Å²) >= 11 is 1.10. The first kappa shape index (κ1) is 30.2. The molecule has 0 aliphatic carbocycles. The fourth-order valence-electron chi connectivity index (χ4n) is 3.82. The molecule has 0 bridgehead atoms. The molecule has 1 heterocycles. The van der Waals surface area contributed by atoms with Crippen LogP contribution in [0.5, 0.6) is 0 Å². The number of carbonyl (C=O) groups is 2. The number of benzene rings is 2. The van der Waals surface area contributed by atoms with Gasteiger partial charge in [0.1, 0.15) is 6.04 Å². The first-order chi connectivity index (χ1) is 18.3. The number of nitrogens with one attached hydrogen (secondary N) is 3. The SMILES string of the molecule is COC(=O)N[C@@H](Cc1ccccc1)C(=O)N[C@@H](Cc1ccc(NS(=O)(=O)O)cc1)C1=NC(CC(F)(F)F)CS1. The number of alkyl carbamates (subject to hydrolysis) is 1. The largest absolute Gasteiger partial charge is 0.453 e. The Balaban J connectivity index is 1.84. The fraction of sp³-hybridized carbons (Fsp3) is 0.375. The molecule has 4 N–H and O–H groups in total. The third-order valence-electron chi connectivity index (χ3n) is 5.53. The van der Waals surface area contributed by atoms with Crippen LogP contribution in [0.3, 0.4) is 0 Å². The van der Waals surface area contributed by atoms with Crippen molar-refractivity contribution in [2.45, 2.75) is 43.6 Å². The Morgan fingerprint density at radius 2 is 1.72 bits per heavy atom. The van der Waals surface area contributed by atoms with Crippen molar-refractivity contribution in [2.24, 2.45) is 4.99 Å². The second-order valence-corrected chi connectivity index (χ2v) is 10.9. The lowest BCUT2D eigenvalue weighted by Gasteiger charge is -2.23. The molecule has 2 aromatic rings. The highest BCUT2D eigenvalue weighted by atomic mass is 32.2. The number of aliphatic imine (C=N–C) groups is 1. The zero-order chi connectivity index (χ0) is 28.6. The molecule has 0 spiro atoms. The van der Waals surface area contributed by atoms with Crippen LogP contribution in [0.4, 0.5) is 23.7 Å². The lowest BCUT2D eigenvalue weighted by atomic mass is 10.0. The number of ether oxygens (including phenoxy) is 1. The van der Waals surface area contributed by atoms with Gasteiger partial charge in [-0.2, -0.15) is 21.6 Å². The van der Waals surface area contributed by atoms with Crippen LogP contribution < -0.4 is 15.4 Å². The maximum Gasteiger partial charge on any atom is 0.407 e. The Labute approximate surface area is 227 Å². The molecule has 1 unspecified atom stereocenters. The molecule has 0 aromatic heterocycles. The summed E-state index contributed by atoms with van der Waals surface area (Å²) in [4.78, 5) is 29.5. The normalized spacial score (nSPS) is 17.1. The highest BCUT2D eigenvalue weighted by Crippen LogP contribution is 2.30. The van der Waals surface area contributed by atoms with E-state index in [0.29, 0.717) is 10.6 Å². The van der Waals surface area contributed by atoms with Crippen molar-refractivity contribution in [1.82, 2.24) is 10.6 Å². The molecule has 10 nitrogen and oxygen atoms in total. The molecule has 0 saturated heterocycles. The summed E-state index contributed by atoms with van der Waals surface area (Å²) < 4.78 is 76.4. The van der Waals surface area contributed by atoms with Crippen LogP contribution in [0.2, 0.25) is 0 Å². The van der Waals surface area contributed by atoms with Gasteiger partial charge in [-0.25, -0.2) is 4.79 Å². The zero-order valence-electron chi connectivity index (χ0n) is 20.6. The van der Waals surface area contributed by atoms with Gasteiger partial charge in [0.05, 0.1) is 36.3 Å². The molecule has 2 amide bonds. The van der Waals surface area contributed by atoms with Gasteiger partial charge in [0, 0.05) is 12.2 Å². The number of methoxy groups -OCH3 is 1. The molecule has 3 atom stereocenters. The van der Waals surface area contributed by atoms with Gasteiger partial charge in [0.15, 0.2) is 0 Å². The Morgan fingerprint density at radius 3 is 2.31 bits per heavy atom. The fourth-order valence-corrected chi connectivity index (χ4v) is 5.38. The van der Waals surface area contributed by atoms with Crippen LogP contribution in [0.1, 0.15) is 17.5 Å². The monoisotopic (exact) mass is 588 g/mol. The number of anilines is 1. The van der Waals surface area contributed by atoms with E-state index in [9.17, 15) is 31.2 Å². The number of hydrogen-bond donors (Lipinski definition) is 4. The van der Waals surface area contributed by atoms with Gasteiger partial charge in [-0.1, -0.05) is 42.5 Å². The molecule has 15 heteroatoms. The molecule has 3 rings (SSSR count). The van der Waals surface area contributed by atoms with Crippen LogP contribution in [0, 0.1) is 0 Å². The number of thioether (sulfide) groups is 1. The van der Waals surface area contributed by atoms with E-state index in [-0.39, 0.29) is 24.3 Å². The third-order valence-corrected chi connectivity index (χ3v) is 7.26. The van der Waals surface area contributed by atoms with Gasteiger partial charge >= 0.3 is 22.6 Å². The van der Waals surface area contributed by atoms with Gasteiger partial charge in [0.2, 0.25) is 5.91 Å². The van der Waals surface area contributed by atoms with E-state index in [4.69, 9.17) is 4.55 Å². The Bertz CT molecular complexity index is 1280. The van der Waals surface area contributed by atoms with Crippen LogP contribution in [0.15, 0.2) is 59.6 Å². The van der Waals surface area contributed by atoms with Crippen LogP contribution in [-0.2, 0) is 32.7 Å². The van der Waals surface area contributed by atoms with Gasteiger partial charge in [-0.15, -0.1) is 11.8 Å². The van der Waals surface area contributed by atoms with Crippen LogP contribution in [0.25, 0.3) is 0 Å². The molecular weight excluding hydrogens is 561 g/mol. The van der Waals surface area contributed by atoms with Crippen molar-refractivity contribution in [3.63, 3.8) is 0 Å².